The zero-order chi connectivity index (χ0) is 14.5. The average molecular weight is 271 g/mol. The van der Waals surface area contributed by atoms with E-state index in [2.05, 4.69) is 19.2 Å². The predicted molar refractivity (Wildman–Crippen MR) is 76.3 cm³/mol. The molecule has 4 nitrogen and oxygen atoms in total. The maximum absolute atomic E-state index is 11.5. The molecule has 0 radical (unpaired) electrons. The standard InChI is InChI=1S/C15H29NO3/c1-5-15(6-2,14(17)18)10-16-12-7-8-19-13(9-12)11(3)4/h11-13,16H,5-10H2,1-4H3,(H,17,18). The Labute approximate surface area is 116 Å². The fourth-order valence-electron chi connectivity index (χ4n) is 2.70. The van der Waals surface area contributed by atoms with E-state index < -0.39 is 11.4 Å². The Morgan fingerprint density at radius 2 is 2.05 bits per heavy atom. The van der Waals surface area contributed by atoms with Crippen LogP contribution in [0.2, 0.25) is 0 Å². The summed E-state index contributed by atoms with van der Waals surface area (Å²) in [6.07, 6.45) is 3.60. The molecule has 2 N–H and O–H groups in total. The molecule has 2 unspecified atom stereocenters. The van der Waals surface area contributed by atoms with E-state index in [1.807, 2.05) is 13.8 Å². The highest BCUT2D eigenvalue weighted by Crippen LogP contribution is 2.27. The summed E-state index contributed by atoms with van der Waals surface area (Å²) in [6, 6.07) is 0.387. The molecule has 19 heavy (non-hydrogen) atoms. The SMILES string of the molecule is CCC(CC)(CNC1CCOC(C(C)C)C1)C(=O)O. The van der Waals surface area contributed by atoms with E-state index in [1.165, 1.54) is 0 Å². The number of carboxylic acids is 1. The van der Waals surface area contributed by atoms with Gasteiger partial charge in [-0.05, 0) is 31.6 Å². The molecule has 0 bridgehead atoms. The highest BCUT2D eigenvalue weighted by Gasteiger charge is 2.35. The summed E-state index contributed by atoms with van der Waals surface area (Å²) in [4.78, 5) is 11.5. The molecule has 0 amide bonds. The van der Waals surface area contributed by atoms with E-state index in [9.17, 15) is 9.90 Å². The quantitative estimate of drug-likeness (QED) is 0.747. The van der Waals surface area contributed by atoms with Gasteiger partial charge in [0.05, 0.1) is 11.5 Å². The smallest absolute Gasteiger partial charge is 0.310 e. The Balaban J connectivity index is 2.52. The Bertz CT molecular complexity index is 287. The summed E-state index contributed by atoms with van der Waals surface area (Å²) in [7, 11) is 0. The summed E-state index contributed by atoms with van der Waals surface area (Å²) in [6.45, 7) is 9.60. The lowest BCUT2D eigenvalue weighted by Gasteiger charge is -2.35. The van der Waals surface area contributed by atoms with Gasteiger partial charge in [0.15, 0.2) is 0 Å². The lowest BCUT2D eigenvalue weighted by atomic mass is 9.82. The Morgan fingerprint density at radius 3 is 2.53 bits per heavy atom. The first-order chi connectivity index (χ1) is 8.95. The first kappa shape index (κ1) is 16.4. The van der Waals surface area contributed by atoms with Crippen LogP contribution in [-0.2, 0) is 9.53 Å². The maximum Gasteiger partial charge on any atom is 0.310 e. The number of carboxylic acid groups (broad SMARTS) is 1. The van der Waals surface area contributed by atoms with Crippen LogP contribution in [0.5, 0.6) is 0 Å². The third-order valence-corrected chi connectivity index (χ3v) is 4.59. The first-order valence-electron chi connectivity index (χ1n) is 7.53. The Hall–Kier alpha value is -0.610. The van der Waals surface area contributed by atoms with Crippen molar-refractivity contribution in [2.75, 3.05) is 13.2 Å². The molecule has 1 aliphatic heterocycles. The third kappa shape index (κ3) is 4.18. The van der Waals surface area contributed by atoms with Gasteiger partial charge in [0.25, 0.3) is 0 Å². The van der Waals surface area contributed by atoms with Gasteiger partial charge in [-0.3, -0.25) is 4.79 Å². The van der Waals surface area contributed by atoms with Crippen LogP contribution in [0.25, 0.3) is 0 Å². The van der Waals surface area contributed by atoms with E-state index in [4.69, 9.17) is 4.74 Å². The zero-order valence-corrected chi connectivity index (χ0v) is 12.7. The zero-order valence-electron chi connectivity index (χ0n) is 12.7. The van der Waals surface area contributed by atoms with Gasteiger partial charge in [-0.15, -0.1) is 0 Å². The van der Waals surface area contributed by atoms with Gasteiger partial charge < -0.3 is 15.2 Å². The monoisotopic (exact) mass is 271 g/mol. The maximum atomic E-state index is 11.5. The van der Waals surface area contributed by atoms with E-state index in [-0.39, 0.29) is 0 Å². The topological polar surface area (TPSA) is 58.6 Å². The molecule has 0 aromatic rings. The minimum atomic E-state index is -0.683. The van der Waals surface area contributed by atoms with Crippen LogP contribution >= 0.6 is 0 Å². The summed E-state index contributed by atoms with van der Waals surface area (Å²) in [5.74, 6) is -0.163. The van der Waals surface area contributed by atoms with Crippen molar-refractivity contribution >= 4 is 5.97 Å². The number of hydrogen-bond donors (Lipinski definition) is 2. The number of aliphatic carboxylic acids is 1. The number of nitrogens with one attached hydrogen (secondary N) is 1. The van der Waals surface area contributed by atoms with Gasteiger partial charge in [0, 0.05) is 19.2 Å². The van der Waals surface area contributed by atoms with Crippen LogP contribution < -0.4 is 5.32 Å². The molecular weight excluding hydrogens is 242 g/mol. The third-order valence-electron chi connectivity index (χ3n) is 4.59. The van der Waals surface area contributed by atoms with Gasteiger partial charge in [-0.2, -0.15) is 0 Å². The fraction of sp³-hybridized carbons (Fsp3) is 0.933. The van der Waals surface area contributed by atoms with E-state index in [0.29, 0.717) is 37.5 Å². The van der Waals surface area contributed by atoms with Gasteiger partial charge in [-0.25, -0.2) is 0 Å². The van der Waals surface area contributed by atoms with Gasteiger partial charge in [0.2, 0.25) is 0 Å². The van der Waals surface area contributed by atoms with Crippen molar-refractivity contribution in [3.63, 3.8) is 0 Å². The molecule has 1 rings (SSSR count). The van der Waals surface area contributed by atoms with Crippen LogP contribution in [0.1, 0.15) is 53.4 Å². The van der Waals surface area contributed by atoms with Crippen molar-refractivity contribution in [3.05, 3.63) is 0 Å². The minimum Gasteiger partial charge on any atom is -0.481 e. The molecule has 1 fully saturated rings. The molecule has 0 aromatic carbocycles. The minimum absolute atomic E-state index is 0.300. The molecule has 0 saturated carbocycles. The van der Waals surface area contributed by atoms with E-state index in [0.717, 1.165) is 19.4 Å². The normalized spacial score (nSPS) is 24.7. The lowest BCUT2D eigenvalue weighted by molar-refractivity contribution is -0.149. The molecule has 0 aromatic heterocycles. The van der Waals surface area contributed by atoms with Gasteiger partial charge >= 0.3 is 5.97 Å². The van der Waals surface area contributed by atoms with Crippen LogP contribution in [0.15, 0.2) is 0 Å². The van der Waals surface area contributed by atoms with Crippen LogP contribution in [-0.4, -0.2) is 36.4 Å². The molecule has 0 spiro atoms. The average Bonchev–Trinajstić information content (AvgIpc) is 2.40. The van der Waals surface area contributed by atoms with Crippen molar-refractivity contribution in [1.29, 1.82) is 0 Å². The number of rotatable bonds is 7. The summed E-state index contributed by atoms with van der Waals surface area (Å²) in [5, 5.41) is 12.9. The second-order valence-corrected chi connectivity index (χ2v) is 6.05. The second kappa shape index (κ2) is 7.25. The lowest BCUT2D eigenvalue weighted by Crippen LogP contribution is -2.47. The summed E-state index contributed by atoms with van der Waals surface area (Å²) < 4.78 is 5.75. The summed E-state index contributed by atoms with van der Waals surface area (Å²) in [5.41, 5.74) is -0.619. The molecule has 1 heterocycles. The van der Waals surface area contributed by atoms with E-state index >= 15 is 0 Å². The second-order valence-electron chi connectivity index (χ2n) is 6.05. The Morgan fingerprint density at radius 1 is 1.42 bits per heavy atom. The molecule has 0 aliphatic carbocycles. The number of ether oxygens (including phenoxy) is 1. The largest absolute Gasteiger partial charge is 0.481 e. The van der Waals surface area contributed by atoms with Gasteiger partial charge in [0.1, 0.15) is 0 Å². The predicted octanol–water partition coefficient (Wildman–Crippen LogP) is 2.67. The highest BCUT2D eigenvalue weighted by atomic mass is 16.5. The molecular formula is C15H29NO3. The molecule has 4 heteroatoms. The highest BCUT2D eigenvalue weighted by molar-refractivity contribution is 5.74. The van der Waals surface area contributed by atoms with Crippen molar-refractivity contribution in [2.45, 2.75) is 65.5 Å². The summed E-state index contributed by atoms with van der Waals surface area (Å²) >= 11 is 0. The van der Waals surface area contributed by atoms with Crippen LogP contribution in [0, 0.1) is 11.3 Å². The Kier molecular flexibility index (Phi) is 6.27. The molecule has 1 saturated heterocycles. The number of hydrogen-bond acceptors (Lipinski definition) is 3. The van der Waals surface area contributed by atoms with Crippen LogP contribution in [0.4, 0.5) is 0 Å². The van der Waals surface area contributed by atoms with Crippen molar-refractivity contribution < 1.29 is 14.6 Å². The number of carbonyl (C=O) groups is 1. The molecule has 1 aliphatic rings. The fourth-order valence-corrected chi connectivity index (χ4v) is 2.70. The van der Waals surface area contributed by atoms with Crippen molar-refractivity contribution in [1.82, 2.24) is 5.32 Å². The van der Waals surface area contributed by atoms with Gasteiger partial charge in [-0.1, -0.05) is 27.7 Å². The molecule has 2 atom stereocenters. The van der Waals surface area contributed by atoms with Crippen molar-refractivity contribution in [3.8, 4) is 0 Å². The van der Waals surface area contributed by atoms with E-state index in [1.54, 1.807) is 0 Å². The first-order valence-corrected chi connectivity index (χ1v) is 7.53. The molecule has 112 valence electrons. The van der Waals surface area contributed by atoms with Crippen molar-refractivity contribution in [2.24, 2.45) is 11.3 Å². The van der Waals surface area contributed by atoms with Crippen LogP contribution in [0.3, 0.4) is 0 Å².